The number of carboxylic acid groups (broad SMARTS) is 1. The predicted molar refractivity (Wildman–Crippen MR) is 38.7 cm³/mol. The largest absolute Gasteiger partial charge is 0.478 e. The molecule has 4 nitrogen and oxygen atoms in total. The van der Waals surface area contributed by atoms with E-state index < -0.39 is 5.97 Å². The Balaban J connectivity index is 2.72. The van der Waals surface area contributed by atoms with Gasteiger partial charge >= 0.3 is 5.97 Å². The first-order chi connectivity index (χ1) is 5.29. The normalized spacial score (nSPS) is 10.2. The molecule has 0 bridgehead atoms. The van der Waals surface area contributed by atoms with Crippen LogP contribution in [0.25, 0.3) is 6.08 Å². The maximum Gasteiger partial charge on any atom is 0.328 e. The van der Waals surface area contributed by atoms with E-state index in [9.17, 15) is 4.79 Å². The molecule has 0 aliphatic carbocycles. The standard InChI is InChI=1S/C7H6N2O2/c10-7(11)4-3-6-2-1-5-8-9-6/h1-5H,(H,10,11)/b4-3+. The SMILES string of the molecule is O=C(O)/C=C/c1cccnn1. The molecule has 1 rings (SSSR count). The minimum Gasteiger partial charge on any atom is -0.478 e. The van der Waals surface area contributed by atoms with Crippen molar-refractivity contribution >= 4 is 12.0 Å². The van der Waals surface area contributed by atoms with Crippen molar-refractivity contribution in [1.82, 2.24) is 10.2 Å². The van der Waals surface area contributed by atoms with E-state index in [4.69, 9.17) is 5.11 Å². The molecule has 1 aromatic rings. The van der Waals surface area contributed by atoms with Gasteiger partial charge in [-0.25, -0.2) is 4.79 Å². The molecule has 0 aliphatic heterocycles. The molecule has 1 aromatic heterocycles. The van der Waals surface area contributed by atoms with Crippen LogP contribution < -0.4 is 0 Å². The molecule has 0 saturated heterocycles. The van der Waals surface area contributed by atoms with E-state index >= 15 is 0 Å². The van der Waals surface area contributed by atoms with Crippen LogP contribution in [0.1, 0.15) is 5.69 Å². The van der Waals surface area contributed by atoms with Crippen LogP contribution in [-0.2, 0) is 4.79 Å². The minimum absolute atomic E-state index is 0.537. The molecule has 56 valence electrons. The van der Waals surface area contributed by atoms with Gasteiger partial charge in [0.1, 0.15) is 0 Å². The number of hydrogen-bond donors (Lipinski definition) is 1. The summed E-state index contributed by atoms with van der Waals surface area (Å²) < 4.78 is 0. The van der Waals surface area contributed by atoms with Crippen LogP contribution in [0.4, 0.5) is 0 Å². The van der Waals surface area contributed by atoms with Gasteiger partial charge in [-0.05, 0) is 18.2 Å². The summed E-state index contributed by atoms with van der Waals surface area (Å²) in [7, 11) is 0. The van der Waals surface area contributed by atoms with Crippen LogP contribution in [0.2, 0.25) is 0 Å². The fraction of sp³-hybridized carbons (Fsp3) is 0. The Kier molecular flexibility index (Phi) is 2.32. The quantitative estimate of drug-likeness (QED) is 0.626. The molecular formula is C7H6N2O2. The summed E-state index contributed by atoms with van der Waals surface area (Å²) in [6, 6.07) is 3.36. The van der Waals surface area contributed by atoms with Crippen LogP contribution in [0.5, 0.6) is 0 Å². The van der Waals surface area contributed by atoms with Crippen LogP contribution in [0, 0.1) is 0 Å². The van der Waals surface area contributed by atoms with Gasteiger partial charge in [0, 0.05) is 12.3 Å². The molecule has 1 heterocycles. The number of aliphatic carboxylic acids is 1. The minimum atomic E-state index is -0.990. The van der Waals surface area contributed by atoms with E-state index in [-0.39, 0.29) is 0 Å². The predicted octanol–water partition coefficient (Wildman–Crippen LogP) is 0.574. The monoisotopic (exact) mass is 150 g/mol. The highest BCUT2D eigenvalue weighted by molar-refractivity contribution is 5.84. The van der Waals surface area contributed by atoms with E-state index in [0.717, 1.165) is 6.08 Å². The van der Waals surface area contributed by atoms with E-state index in [1.54, 1.807) is 12.1 Å². The van der Waals surface area contributed by atoms with Crippen molar-refractivity contribution in [3.05, 3.63) is 30.1 Å². The summed E-state index contributed by atoms with van der Waals surface area (Å²) in [6.45, 7) is 0. The van der Waals surface area contributed by atoms with Gasteiger partial charge in [0.2, 0.25) is 0 Å². The Labute approximate surface area is 63.2 Å². The second-order valence-electron chi connectivity index (χ2n) is 1.82. The molecule has 1 N–H and O–H groups in total. The van der Waals surface area contributed by atoms with Gasteiger partial charge in [-0.15, -0.1) is 0 Å². The second-order valence-corrected chi connectivity index (χ2v) is 1.82. The molecule has 0 aliphatic rings. The summed E-state index contributed by atoms with van der Waals surface area (Å²) in [5.74, 6) is -0.990. The van der Waals surface area contributed by atoms with Crippen molar-refractivity contribution in [2.45, 2.75) is 0 Å². The first kappa shape index (κ1) is 7.40. The third kappa shape index (κ3) is 2.57. The van der Waals surface area contributed by atoms with E-state index in [1.165, 1.54) is 12.3 Å². The molecule has 0 saturated carbocycles. The van der Waals surface area contributed by atoms with E-state index in [1.807, 2.05) is 0 Å². The Bertz CT molecular complexity index is 269. The molecule has 0 amide bonds. The van der Waals surface area contributed by atoms with Gasteiger partial charge < -0.3 is 5.11 Å². The molecule has 11 heavy (non-hydrogen) atoms. The number of aromatic nitrogens is 2. The summed E-state index contributed by atoms with van der Waals surface area (Å²) >= 11 is 0. The van der Waals surface area contributed by atoms with Crippen molar-refractivity contribution in [3.8, 4) is 0 Å². The summed E-state index contributed by atoms with van der Waals surface area (Å²) in [5.41, 5.74) is 0.537. The average Bonchev–Trinajstić information content (AvgIpc) is 2.03. The number of rotatable bonds is 2. The third-order valence-electron chi connectivity index (χ3n) is 0.990. The number of carboxylic acids is 1. The van der Waals surface area contributed by atoms with Crippen molar-refractivity contribution < 1.29 is 9.90 Å². The lowest BCUT2D eigenvalue weighted by molar-refractivity contribution is -0.131. The highest BCUT2D eigenvalue weighted by Crippen LogP contribution is 1.93. The zero-order valence-electron chi connectivity index (χ0n) is 5.64. The zero-order chi connectivity index (χ0) is 8.10. The Hall–Kier alpha value is -1.71. The van der Waals surface area contributed by atoms with Gasteiger partial charge in [-0.1, -0.05) is 0 Å². The van der Waals surface area contributed by atoms with E-state index in [0.29, 0.717) is 5.69 Å². The third-order valence-corrected chi connectivity index (χ3v) is 0.990. The average molecular weight is 150 g/mol. The van der Waals surface area contributed by atoms with Crippen LogP contribution >= 0.6 is 0 Å². The molecule has 0 aromatic carbocycles. The van der Waals surface area contributed by atoms with Gasteiger partial charge in [0.25, 0.3) is 0 Å². The molecule has 0 spiro atoms. The number of nitrogens with zero attached hydrogens (tertiary/aromatic N) is 2. The van der Waals surface area contributed by atoms with Gasteiger partial charge in [0.05, 0.1) is 5.69 Å². The van der Waals surface area contributed by atoms with Crippen molar-refractivity contribution in [2.75, 3.05) is 0 Å². The topological polar surface area (TPSA) is 63.1 Å². The highest BCUT2D eigenvalue weighted by Gasteiger charge is 1.88. The Morgan fingerprint density at radius 2 is 2.45 bits per heavy atom. The molecule has 4 heteroatoms. The fourth-order valence-electron chi connectivity index (χ4n) is 0.559. The molecule has 0 fully saturated rings. The lowest BCUT2D eigenvalue weighted by Gasteiger charge is -1.85. The van der Waals surface area contributed by atoms with Gasteiger partial charge in [0.15, 0.2) is 0 Å². The Morgan fingerprint density at radius 3 is 3.00 bits per heavy atom. The molecule has 0 radical (unpaired) electrons. The van der Waals surface area contributed by atoms with Crippen molar-refractivity contribution in [3.63, 3.8) is 0 Å². The van der Waals surface area contributed by atoms with Crippen LogP contribution in [0.15, 0.2) is 24.4 Å². The second kappa shape index (κ2) is 3.46. The Morgan fingerprint density at radius 1 is 1.64 bits per heavy atom. The van der Waals surface area contributed by atoms with Crippen LogP contribution in [0.3, 0.4) is 0 Å². The number of hydrogen-bond acceptors (Lipinski definition) is 3. The molecular weight excluding hydrogens is 144 g/mol. The van der Waals surface area contributed by atoms with Gasteiger partial charge in [-0.3, -0.25) is 0 Å². The molecule has 0 unspecified atom stereocenters. The fourth-order valence-corrected chi connectivity index (χ4v) is 0.559. The number of carbonyl (C=O) groups is 1. The summed E-state index contributed by atoms with van der Waals surface area (Å²) in [5, 5.41) is 15.5. The van der Waals surface area contributed by atoms with Crippen LogP contribution in [-0.4, -0.2) is 21.3 Å². The summed E-state index contributed by atoms with van der Waals surface area (Å²) in [6.07, 6.45) is 3.93. The first-order valence-electron chi connectivity index (χ1n) is 2.98. The summed E-state index contributed by atoms with van der Waals surface area (Å²) in [4.78, 5) is 10.0. The van der Waals surface area contributed by atoms with Crippen molar-refractivity contribution in [2.24, 2.45) is 0 Å². The first-order valence-corrected chi connectivity index (χ1v) is 2.98. The maximum absolute atomic E-state index is 10.0. The lowest BCUT2D eigenvalue weighted by atomic mass is 10.3. The highest BCUT2D eigenvalue weighted by atomic mass is 16.4. The van der Waals surface area contributed by atoms with Gasteiger partial charge in [-0.2, -0.15) is 10.2 Å². The zero-order valence-corrected chi connectivity index (χ0v) is 5.64. The lowest BCUT2D eigenvalue weighted by Crippen LogP contribution is -1.87. The van der Waals surface area contributed by atoms with Crippen molar-refractivity contribution in [1.29, 1.82) is 0 Å². The van der Waals surface area contributed by atoms with E-state index in [2.05, 4.69) is 10.2 Å². The maximum atomic E-state index is 10.0. The smallest absolute Gasteiger partial charge is 0.328 e. The molecule has 0 atom stereocenters.